The van der Waals surface area contributed by atoms with Crippen LogP contribution in [0.25, 0.3) is 0 Å². The summed E-state index contributed by atoms with van der Waals surface area (Å²) in [6.45, 7) is 3.46. The van der Waals surface area contributed by atoms with Crippen LogP contribution in [-0.4, -0.2) is 33.6 Å². The van der Waals surface area contributed by atoms with E-state index in [9.17, 15) is 12.8 Å². The van der Waals surface area contributed by atoms with Crippen molar-refractivity contribution in [2.75, 3.05) is 25.2 Å². The van der Waals surface area contributed by atoms with E-state index in [0.717, 1.165) is 5.56 Å². The first-order valence-electron chi connectivity index (χ1n) is 6.19. The summed E-state index contributed by atoms with van der Waals surface area (Å²) >= 11 is 0. The van der Waals surface area contributed by atoms with Gasteiger partial charge in [-0.1, -0.05) is 13.0 Å². The molecule has 0 aliphatic carbocycles. The predicted octanol–water partition coefficient (Wildman–Crippen LogP) is 1.92. The number of sulfone groups is 1. The summed E-state index contributed by atoms with van der Waals surface area (Å²) in [7, 11) is -1.29. The molecular weight excluding hydrogens is 269 g/mol. The lowest BCUT2D eigenvalue weighted by Gasteiger charge is -2.12. The monoisotopic (exact) mass is 289 g/mol. The van der Waals surface area contributed by atoms with Crippen LogP contribution < -0.4 is 10.1 Å². The van der Waals surface area contributed by atoms with Gasteiger partial charge in [-0.05, 0) is 31.7 Å². The van der Waals surface area contributed by atoms with E-state index in [4.69, 9.17) is 4.74 Å². The molecule has 0 heterocycles. The van der Waals surface area contributed by atoms with Gasteiger partial charge < -0.3 is 10.1 Å². The molecule has 0 aromatic heterocycles. The van der Waals surface area contributed by atoms with Crippen molar-refractivity contribution in [1.82, 2.24) is 5.32 Å². The zero-order valence-electron chi connectivity index (χ0n) is 11.4. The normalized spacial score (nSPS) is 13.3. The van der Waals surface area contributed by atoms with Crippen molar-refractivity contribution >= 4 is 9.84 Å². The predicted molar refractivity (Wildman–Crippen MR) is 73.7 cm³/mol. The first kappa shape index (κ1) is 15.9. The van der Waals surface area contributed by atoms with Crippen LogP contribution in [0.3, 0.4) is 0 Å². The summed E-state index contributed by atoms with van der Waals surface area (Å²) in [5, 5.41) is 3.01. The third-order valence-corrected chi connectivity index (χ3v) is 4.65. The van der Waals surface area contributed by atoms with Gasteiger partial charge in [0.1, 0.15) is 6.61 Å². The number of rotatable bonds is 7. The Bertz CT molecular complexity index is 517. The number of nitrogens with one attached hydrogen (secondary N) is 1. The molecule has 1 N–H and O–H groups in total. The second kappa shape index (κ2) is 6.86. The molecule has 0 saturated heterocycles. The number of hydrogen-bond acceptors (Lipinski definition) is 4. The molecule has 4 nitrogen and oxygen atoms in total. The Kier molecular flexibility index (Phi) is 5.75. The summed E-state index contributed by atoms with van der Waals surface area (Å²) in [6, 6.07) is 4.72. The number of benzene rings is 1. The largest absolute Gasteiger partial charge is 0.489 e. The highest BCUT2D eigenvalue weighted by atomic mass is 32.2. The fourth-order valence-electron chi connectivity index (χ4n) is 1.49. The van der Waals surface area contributed by atoms with E-state index in [1.54, 1.807) is 20.0 Å². The number of ether oxygens (including phenoxy) is 1. The average molecular weight is 289 g/mol. The van der Waals surface area contributed by atoms with Crippen LogP contribution in [0.1, 0.15) is 25.5 Å². The molecule has 0 aliphatic heterocycles. The SMILES string of the molecule is CCS(=O)(=O)CCOc1ccc(C(C)NC)cc1F. The fraction of sp³-hybridized carbons (Fsp3) is 0.538. The van der Waals surface area contributed by atoms with E-state index in [1.807, 2.05) is 6.92 Å². The minimum absolute atomic E-state index is 0.0337. The van der Waals surface area contributed by atoms with Gasteiger partial charge in [0, 0.05) is 11.8 Å². The molecule has 0 amide bonds. The lowest BCUT2D eigenvalue weighted by atomic mass is 10.1. The molecule has 0 radical (unpaired) electrons. The Hall–Kier alpha value is -1.14. The molecule has 1 rings (SSSR count). The minimum Gasteiger partial charge on any atom is -0.489 e. The standard InChI is InChI=1S/C13H20FNO3S/c1-4-19(16,17)8-7-18-13-6-5-11(9-12(13)14)10(2)15-3/h5-6,9-10,15H,4,7-8H2,1-3H3. The van der Waals surface area contributed by atoms with Crippen LogP contribution in [0.5, 0.6) is 5.75 Å². The minimum atomic E-state index is -3.09. The Labute approximate surface area is 113 Å². The highest BCUT2D eigenvalue weighted by Crippen LogP contribution is 2.21. The summed E-state index contributed by atoms with van der Waals surface area (Å²) in [5.74, 6) is -0.429. The summed E-state index contributed by atoms with van der Waals surface area (Å²) in [5.41, 5.74) is 0.813. The van der Waals surface area contributed by atoms with Crippen LogP contribution in [0.15, 0.2) is 18.2 Å². The van der Waals surface area contributed by atoms with Gasteiger partial charge in [0.05, 0.1) is 5.75 Å². The molecular formula is C13H20FNO3S. The van der Waals surface area contributed by atoms with Gasteiger partial charge in [-0.15, -0.1) is 0 Å². The van der Waals surface area contributed by atoms with Crippen molar-refractivity contribution < 1.29 is 17.5 Å². The second-order valence-electron chi connectivity index (χ2n) is 4.29. The van der Waals surface area contributed by atoms with Gasteiger partial charge in [-0.25, -0.2) is 12.8 Å². The molecule has 0 aliphatic rings. The molecule has 1 aromatic rings. The van der Waals surface area contributed by atoms with Gasteiger partial charge in [0.15, 0.2) is 21.4 Å². The maximum absolute atomic E-state index is 13.7. The first-order chi connectivity index (χ1) is 8.89. The van der Waals surface area contributed by atoms with E-state index >= 15 is 0 Å². The highest BCUT2D eigenvalue weighted by molar-refractivity contribution is 7.91. The van der Waals surface area contributed by atoms with Crippen molar-refractivity contribution in [1.29, 1.82) is 0 Å². The average Bonchev–Trinajstić information content (AvgIpc) is 2.39. The van der Waals surface area contributed by atoms with Gasteiger partial charge in [0.2, 0.25) is 0 Å². The topological polar surface area (TPSA) is 55.4 Å². The molecule has 19 heavy (non-hydrogen) atoms. The lowest BCUT2D eigenvalue weighted by Crippen LogP contribution is -2.16. The van der Waals surface area contributed by atoms with E-state index in [0.29, 0.717) is 0 Å². The zero-order valence-corrected chi connectivity index (χ0v) is 12.3. The third kappa shape index (κ3) is 4.80. The van der Waals surface area contributed by atoms with Crippen molar-refractivity contribution in [3.8, 4) is 5.75 Å². The van der Waals surface area contributed by atoms with Crippen LogP contribution in [0.2, 0.25) is 0 Å². The first-order valence-corrected chi connectivity index (χ1v) is 8.01. The molecule has 0 fully saturated rings. The van der Waals surface area contributed by atoms with E-state index in [-0.39, 0.29) is 29.9 Å². The quantitative estimate of drug-likeness (QED) is 0.833. The van der Waals surface area contributed by atoms with Crippen LogP contribution in [-0.2, 0) is 9.84 Å². The van der Waals surface area contributed by atoms with Crippen LogP contribution in [0.4, 0.5) is 4.39 Å². The lowest BCUT2D eigenvalue weighted by molar-refractivity contribution is 0.322. The molecule has 0 spiro atoms. The zero-order chi connectivity index (χ0) is 14.5. The van der Waals surface area contributed by atoms with Gasteiger partial charge in [-0.2, -0.15) is 0 Å². The molecule has 0 saturated carbocycles. The fourth-order valence-corrected chi connectivity index (χ4v) is 2.12. The number of halogens is 1. The molecule has 0 bridgehead atoms. The van der Waals surface area contributed by atoms with Gasteiger partial charge in [-0.3, -0.25) is 0 Å². The van der Waals surface area contributed by atoms with E-state index < -0.39 is 15.7 Å². The van der Waals surface area contributed by atoms with Crippen molar-refractivity contribution in [3.63, 3.8) is 0 Å². The summed E-state index contributed by atoms with van der Waals surface area (Å²) in [6.07, 6.45) is 0. The van der Waals surface area contributed by atoms with E-state index in [2.05, 4.69) is 5.32 Å². The highest BCUT2D eigenvalue weighted by Gasteiger charge is 2.11. The van der Waals surface area contributed by atoms with Crippen molar-refractivity contribution in [3.05, 3.63) is 29.6 Å². The molecule has 1 unspecified atom stereocenters. The number of hydrogen-bond donors (Lipinski definition) is 1. The molecule has 6 heteroatoms. The Balaban J connectivity index is 2.66. The Morgan fingerprint density at radius 1 is 1.42 bits per heavy atom. The molecule has 1 aromatic carbocycles. The maximum atomic E-state index is 13.7. The Morgan fingerprint density at radius 2 is 2.11 bits per heavy atom. The smallest absolute Gasteiger partial charge is 0.165 e. The summed E-state index contributed by atoms with van der Waals surface area (Å²) in [4.78, 5) is 0. The van der Waals surface area contributed by atoms with Crippen LogP contribution in [0, 0.1) is 5.82 Å². The third-order valence-electron chi connectivity index (χ3n) is 2.98. The Morgan fingerprint density at radius 3 is 2.63 bits per heavy atom. The van der Waals surface area contributed by atoms with Gasteiger partial charge in [0.25, 0.3) is 0 Å². The van der Waals surface area contributed by atoms with E-state index in [1.165, 1.54) is 12.1 Å². The second-order valence-corrected chi connectivity index (χ2v) is 6.76. The van der Waals surface area contributed by atoms with Crippen molar-refractivity contribution in [2.24, 2.45) is 0 Å². The van der Waals surface area contributed by atoms with Crippen LogP contribution >= 0.6 is 0 Å². The summed E-state index contributed by atoms with van der Waals surface area (Å²) < 4.78 is 41.5. The molecule has 108 valence electrons. The molecule has 1 atom stereocenters. The maximum Gasteiger partial charge on any atom is 0.165 e. The van der Waals surface area contributed by atoms with Crippen molar-refractivity contribution in [2.45, 2.75) is 19.9 Å². The van der Waals surface area contributed by atoms with Gasteiger partial charge >= 0.3 is 0 Å².